The zero-order chi connectivity index (χ0) is 14.6. The van der Waals surface area contributed by atoms with Gasteiger partial charge in [0.2, 0.25) is 10.0 Å². The van der Waals surface area contributed by atoms with Crippen molar-refractivity contribution in [3.63, 3.8) is 0 Å². The molecular formula is C11H14FN5O2S. The molecule has 0 aliphatic carbocycles. The van der Waals surface area contributed by atoms with Crippen molar-refractivity contribution in [1.29, 1.82) is 0 Å². The largest absolute Gasteiger partial charge is 0.326 e. The summed E-state index contributed by atoms with van der Waals surface area (Å²) in [6.45, 7) is 0.457. The van der Waals surface area contributed by atoms with Crippen LogP contribution in [0, 0.1) is 5.82 Å². The van der Waals surface area contributed by atoms with E-state index >= 15 is 0 Å². The number of nitrogens with two attached hydrogens (primary N) is 1. The van der Waals surface area contributed by atoms with Gasteiger partial charge in [-0.25, -0.2) is 17.5 Å². The molecule has 1 heterocycles. The maximum absolute atomic E-state index is 13.2. The molecule has 1 aromatic heterocycles. The van der Waals surface area contributed by atoms with Crippen LogP contribution in [0.2, 0.25) is 0 Å². The minimum absolute atomic E-state index is 0.0135. The van der Waals surface area contributed by atoms with E-state index in [9.17, 15) is 12.8 Å². The quantitative estimate of drug-likeness (QED) is 0.772. The highest BCUT2D eigenvalue weighted by molar-refractivity contribution is 7.89. The van der Waals surface area contributed by atoms with E-state index in [4.69, 9.17) is 5.73 Å². The number of aromatic nitrogens is 3. The maximum Gasteiger partial charge on any atom is 0.241 e. The van der Waals surface area contributed by atoms with Crippen molar-refractivity contribution in [2.45, 2.75) is 18.0 Å². The number of rotatable bonds is 6. The molecule has 1 aromatic carbocycles. The van der Waals surface area contributed by atoms with Gasteiger partial charge in [0, 0.05) is 19.3 Å². The van der Waals surface area contributed by atoms with Crippen LogP contribution in [0.25, 0.3) is 0 Å². The summed E-state index contributed by atoms with van der Waals surface area (Å²) in [5, 5.41) is 7.31. The lowest BCUT2D eigenvalue weighted by atomic mass is 10.2. The average Bonchev–Trinajstić information content (AvgIpc) is 2.91. The van der Waals surface area contributed by atoms with Crippen LogP contribution in [0.15, 0.2) is 35.5 Å². The monoisotopic (exact) mass is 299 g/mol. The molecule has 0 fully saturated rings. The lowest BCUT2D eigenvalue weighted by Gasteiger charge is -2.10. The molecule has 0 unspecified atom stereocenters. The topological polar surface area (TPSA) is 103 Å². The fourth-order valence-corrected chi connectivity index (χ4v) is 2.95. The van der Waals surface area contributed by atoms with E-state index in [-0.39, 0.29) is 18.0 Å². The van der Waals surface area contributed by atoms with Crippen molar-refractivity contribution in [3.8, 4) is 0 Å². The zero-order valence-electron chi connectivity index (χ0n) is 10.5. The van der Waals surface area contributed by atoms with Crippen LogP contribution in [-0.2, 0) is 23.1 Å². The van der Waals surface area contributed by atoms with Crippen molar-refractivity contribution in [2.24, 2.45) is 5.73 Å². The summed E-state index contributed by atoms with van der Waals surface area (Å²) in [5.74, 6) is -0.626. The molecule has 0 spiro atoms. The molecule has 0 saturated heterocycles. The second-order valence-electron chi connectivity index (χ2n) is 4.02. The smallest absolute Gasteiger partial charge is 0.241 e. The van der Waals surface area contributed by atoms with Crippen molar-refractivity contribution in [3.05, 3.63) is 42.0 Å². The average molecular weight is 299 g/mol. The van der Waals surface area contributed by atoms with E-state index in [1.165, 1.54) is 23.0 Å². The summed E-state index contributed by atoms with van der Waals surface area (Å²) >= 11 is 0. The molecule has 0 bridgehead atoms. The summed E-state index contributed by atoms with van der Waals surface area (Å²) < 4.78 is 41.3. The maximum atomic E-state index is 13.2. The molecule has 0 amide bonds. The standard InChI is InChI=1S/C11H14FN5O2S/c12-10-2-1-9(8-13)11(7-10)20(18,19)15-4-6-17-5-3-14-16-17/h1-3,5,7,15H,4,6,8,13H2. The van der Waals surface area contributed by atoms with Gasteiger partial charge in [0.25, 0.3) is 0 Å². The molecule has 0 radical (unpaired) electrons. The second kappa shape index (κ2) is 6.07. The van der Waals surface area contributed by atoms with Gasteiger partial charge in [-0.15, -0.1) is 5.10 Å². The van der Waals surface area contributed by atoms with Gasteiger partial charge in [0.05, 0.1) is 17.6 Å². The highest BCUT2D eigenvalue weighted by atomic mass is 32.2. The van der Waals surface area contributed by atoms with E-state index < -0.39 is 15.8 Å². The third kappa shape index (κ3) is 3.38. The number of sulfonamides is 1. The van der Waals surface area contributed by atoms with Crippen LogP contribution >= 0.6 is 0 Å². The first kappa shape index (κ1) is 14.6. The Labute approximate surface area is 115 Å². The van der Waals surface area contributed by atoms with E-state index in [1.54, 1.807) is 6.20 Å². The highest BCUT2D eigenvalue weighted by Crippen LogP contribution is 2.16. The van der Waals surface area contributed by atoms with Gasteiger partial charge >= 0.3 is 0 Å². The van der Waals surface area contributed by atoms with Crippen molar-refractivity contribution in [2.75, 3.05) is 6.54 Å². The van der Waals surface area contributed by atoms with Gasteiger partial charge in [0.15, 0.2) is 0 Å². The van der Waals surface area contributed by atoms with E-state index in [0.717, 1.165) is 6.07 Å². The molecular weight excluding hydrogens is 285 g/mol. The number of benzene rings is 1. The Hall–Kier alpha value is -1.84. The molecule has 2 aromatic rings. The Bertz CT molecular complexity index is 672. The molecule has 0 aliphatic rings. The van der Waals surface area contributed by atoms with Gasteiger partial charge in [-0.05, 0) is 17.7 Å². The normalized spacial score (nSPS) is 11.7. The van der Waals surface area contributed by atoms with Crippen molar-refractivity contribution >= 4 is 10.0 Å². The Morgan fingerprint density at radius 2 is 2.20 bits per heavy atom. The number of hydrogen-bond acceptors (Lipinski definition) is 5. The van der Waals surface area contributed by atoms with Crippen LogP contribution in [-0.4, -0.2) is 30.0 Å². The Balaban J connectivity index is 2.11. The minimum atomic E-state index is -3.81. The van der Waals surface area contributed by atoms with Gasteiger partial charge in [0.1, 0.15) is 5.82 Å². The molecule has 2 rings (SSSR count). The van der Waals surface area contributed by atoms with Gasteiger partial charge in [-0.1, -0.05) is 11.3 Å². The number of halogens is 1. The first-order valence-corrected chi connectivity index (χ1v) is 7.33. The number of nitrogens with one attached hydrogen (secondary N) is 1. The SMILES string of the molecule is NCc1ccc(F)cc1S(=O)(=O)NCCn1ccnn1. The third-order valence-corrected chi connectivity index (χ3v) is 4.19. The van der Waals surface area contributed by atoms with E-state index in [2.05, 4.69) is 15.0 Å². The van der Waals surface area contributed by atoms with E-state index in [0.29, 0.717) is 12.1 Å². The molecule has 108 valence electrons. The lowest BCUT2D eigenvalue weighted by molar-refractivity contribution is 0.550. The van der Waals surface area contributed by atoms with Crippen LogP contribution < -0.4 is 10.5 Å². The summed E-state index contributed by atoms with van der Waals surface area (Å²) in [6, 6.07) is 3.50. The van der Waals surface area contributed by atoms with Gasteiger partial charge < -0.3 is 5.73 Å². The Morgan fingerprint density at radius 3 is 2.85 bits per heavy atom. The molecule has 7 nitrogen and oxygen atoms in total. The minimum Gasteiger partial charge on any atom is -0.326 e. The fourth-order valence-electron chi connectivity index (χ4n) is 1.67. The first-order valence-electron chi connectivity index (χ1n) is 5.85. The summed E-state index contributed by atoms with van der Waals surface area (Å²) in [5.41, 5.74) is 5.83. The van der Waals surface area contributed by atoms with Crippen LogP contribution in [0.4, 0.5) is 4.39 Å². The molecule has 0 atom stereocenters. The lowest BCUT2D eigenvalue weighted by Crippen LogP contribution is -2.28. The molecule has 0 aliphatic heterocycles. The molecule has 9 heteroatoms. The van der Waals surface area contributed by atoms with E-state index in [1.807, 2.05) is 0 Å². The summed E-state index contributed by atoms with van der Waals surface area (Å²) in [6.07, 6.45) is 3.11. The third-order valence-electron chi connectivity index (χ3n) is 2.64. The number of hydrogen-bond donors (Lipinski definition) is 2. The highest BCUT2D eigenvalue weighted by Gasteiger charge is 2.18. The summed E-state index contributed by atoms with van der Waals surface area (Å²) in [4.78, 5) is -0.140. The first-order chi connectivity index (χ1) is 9.53. The van der Waals surface area contributed by atoms with Crippen LogP contribution in [0.1, 0.15) is 5.56 Å². The predicted molar refractivity (Wildman–Crippen MR) is 69.5 cm³/mol. The Morgan fingerprint density at radius 1 is 1.40 bits per heavy atom. The van der Waals surface area contributed by atoms with Crippen LogP contribution in [0.5, 0.6) is 0 Å². The molecule has 0 saturated carbocycles. The Kier molecular flexibility index (Phi) is 4.42. The van der Waals surface area contributed by atoms with Crippen molar-refractivity contribution in [1.82, 2.24) is 19.7 Å². The van der Waals surface area contributed by atoms with Gasteiger partial charge in [-0.2, -0.15) is 0 Å². The molecule has 20 heavy (non-hydrogen) atoms. The zero-order valence-corrected chi connectivity index (χ0v) is 11.3. The number of nitrogens with zero attached hydrogens (tertiary/aromatic N) is 3. The van der Waals surface area contributed by atoms with Crippen LogP contribution in [0.3, 0.4) is 0 Å². The second-order valence-corrected chi connectivity index (χ2v) is 5.76. The predicted octanol–water partition coefficient (Wildman–Crippen LogP) is -0.146. The van der Waals surface area contributed by atoms with Gasteiger partial charge in [-0.3, -0.25) is 4.68 Å². The summed E-state index contributed by atoms with van der Waals surface area (Å²) in [7, 11) is -3.81. The fraction of sp³-hybridized carbons (Fsp3) is 0.273. The molecule has 3 N–H and O–H groups in total. The van der Waals surface area contributed by atoms with Crippen molar-refractivity contribution < 1.29 is 12.8 Å².